The van der Waals surface area contributed by atoms with E-state index in [4.69, 9.17) is 0 Å². The van der Waals surface area contributed by atoms with E-state index in [1.165, 1.54) is 4.88 Å². The van der Waals surface area contributed by atoms with E-state index < -0.39 is 0 Å². The zero-order chi connectivity index (χ0) is 8.97. The highest BCUT2D eigenvalue weighted by Crippen LogP contribution is 2.18. The number of nitrogens with one attached hydrogen (secondary N) is 1. The summed E-state index contributed by atoms with van der Waals surface area (Å²) in [6.45, 7) is 4.99. The van der Waals surface area contributed by atoms with Gasteiger partial charge in [0.25, 0.3) is 0 Å². The fraction of sp³-hybridized carbons (Fsp3) is 0.444. The first kappa shape index (κ1) is 9.42. The van der Waals surface area contributed by atoms with Gasteiger partial charge >= 0.3 is 0 Å². The van der Waals surface area contributed by atoms with Gasteiger partial charge in [0, 0.05) is 11.4 Å². The van der Waals surface area contributed by atoms with Gasteiger partial charge in [0.1, 0.15) is 0 Å². The number of aryl methyl sites for hydroxylation is 2. The molecular weight excluding hydrogens is 168 g/mol. The minimum Gasteiger partial charge on any atom is -0.316 e. The second-order valence-electron chi connectivity index (χ2n) is 2.64. The van der Waals surface area contributed by atoms with Crippen LogP contribution in [0.3, 0.4) is 0 Å². The van der Waals surface area contributed by atoms with Gasteiger partial charge in [0.05, 0.1) is 10.7 Å². The number of likely N-dealkylation sites (N-methyl/N-ethyl adjacent to an activating group) is 1. The molecule has 1 aromatic heterocycles. The largest absolute Gasteiger partial charge is 0.316 e. The zero-order valence-corrected chi connectivity index (χ0v) is 8.53. The molecule has 3 heteroatoms. The molecule has 1 heterocycles. The minimum absolute atomic E-state index is 0.913. The SMILES string of the molecule is CNCC=Cc1sc(C)nc1C. The Morgan fingerprint density at radius 1 is 1.50 bits per heavy atom. The average molecular weight is 182 g/mol. The molecule has 0 bridgehead atoms. The Labute approximate surface area is 77.3 Å². The topological polar surface area (TPSA) is 24.9 Å². The van der Waals surface area contributed by atoms with Crippen LogP contribution >= 0.6 is 11.3 Å². The van der Waals surface area contributed by atoms with Crippen LogP contribution in [0.2, 0.25) is 0 Å². The number of hydrogen-bond donors (Lipinski definition) is 1. The molecule has 66 valence electrons. The number of hydrogen-bond acceptors (Lipinski definition) is 3. The molecule has 0 aliphatic rings. The van der Waals surface area contributed by atoms with Crippen molar-refractivity contribution in [3.63, 3.8) is 0 Å². The highest BCUT2D eigenvalue weighted by molar-refractivity contribution is 7.12. The quantitative estimate of drug-likeness (QED) is 0.773. The molecule has 1 aromatic rings. The standard InChI is InChI=1S/C9H14N2S/c1-7-9(5-4-6-10-3)12-8(2)11-7/h4-5,10H,6H2,1-3H3. The van der Waals surface area contributed by atoms with Crippen molar-refractivity contribution >= 4 is 17.4 Å². The Kier molecular flexibility index (Phi) is 3.44. The lowest BCUT2D eigenvalue weighted by atomic mass is 10.3. The molecule has 1 rings (SSSR count). The van der Waals surface area contributed by atoms with Crippen molar-refractivity contribution in [3.05, 3.63) is 21.7 Å². The molecular formula is C9H14N2S. The third-order valence-electron chi connectivity index (χ3n) is 1.53. The van der Waals surface area contributed by atoms with Gasteiger partial charge in [0.2, 0.25) is 0 Å². The normalized spacial score (nSPS) is 11.2. The van der Waals surface area contributed by atoms with E-state index >= 15 is 0 Å². The summed E-state index contributed by atoms with van der Waals surface area (Å²) in [7, 11) is 1.94. The van der Waals surface area contributed by atoms with Gasteiger partial charge in [-0.15, -0.1) is 11.3 Å². The maximum atomic E-state index is 4.34. The van der Waals surface area contributed by atoms with E-state index in [9.17, 15) is 0 Å². The van der Waals surface area contributed by atoms with Crippen LogP contribution in [0.15, 0.2) is 6.08 Å². The first-order valence-electron chi connectivity index (χ1n) is 3.99. The minimum atomic E-state index is 0.913. The molecule has 0 aliphatic heterocycles. The summed E-state index contributed by atoms with van der Waals surface area (Å²) in [5.74, 6) is 0. The second-order valence-corrected chi connectivity index (χ2v) is 3.88. The Morgan fingerprint density at radius 3 is 2.75 bits per heavy atom. The molecule has 0 atom stereocenters. The molecule has 0 amide bonds. The summed E-state index contributed by atoms with van der Waals surface area (Å²) in [6.07, 6.45) is 4.23. The fourth-order valence-electron chi connectivity index (χ4n) is 0.986. The van der Waals surface area contributed by atoms with Gasteiger partial charge in [-0.25, -0.2) is 4.98 Å². The van der Waals surface area contributed by atoms with Gasteiger partial charge in [-0.05, 0) is 27.0 Å². The van der Waals surface area contributed by atoms with Gasteiger partial charge in [-0.3, -0.25) is 0 Å². The highest BCUT2D eigenvalue weighted by atomic mass is 32.1. The smallest absolute Gasteiger partial charge is 0.0903 e. The predicted octanol–water partition coefficient (Wildman–Crippen LogP) is 1.99. The molecule has 2 nitrogen and oxygen atoms in total. The molecule has 0 saturated carbocycles. The van der Waals surface area contributed by atoms with Crippen molar-refractivity contribution in [1.29, 1.82) is 0 Å². The monoisotopic (exact) mass is 182 g/mol. The third kappa shape index (κ3) is 2.43. The summed E-state index contributed by atoms with van der Waals surface area (Å²) in [6, 6.07) is 0. The van der Waals surface area contributed by atoms with Crippen LogP contribution in [-0.2, 0) is 0 Å². The van der Waals surface area contributed by atoms with Crippen LogP contribution in [0.25, 0.3) is 6.08 Å². The lowest BCUT2D eigenvalue weighted by Crippen LogP contribution is -2.03. The summed E-state index contributed by atoms with van der Waals surface area (Å²) in [4.78, 5) is 5.60. The lowest BCUT2D eigenvalue weighted by molar-refractivity contribution is 0.922. The van der Waals surface area contributed by atoms with Crippen molar-refractivity contribution in [3.8, 4) is 0 Å². The van der Waals surface area contributed by atoms with E-state index in [0.717, 1.165) is 17.2 Å². The lowest BCUT2D eigenvalue weighted by Gasteiger charge is -1.88. The van der Waals surface area contributed by atoms with Crippen LogP contribution in [0.5, 0.6) is 0 Å². The van der Waals surface area contributed by atoms with Crippen molar-refractivity contribution in [2.45, 2.75) is 13.8 Å². The molecule has 1 N–H and O–H groups in total. The van der Waals surface area contributed by atoms with Gasteiger partial charge in [0.15, 0.2) is 0 Å². The first-order chi connectivity index (χ1) is 5.74. The van der Waals surface area contributed by atoms with Crippen molar-refractivity contribution in [2.24, 2.45) is 0 Å². The van der Waals surface area contributed by atoms with Crippen LogP contribution in [-0.4, -0.2) is 18.6 Å². The van der Waals surface area contributed by atoms with Crippen LogP contribution in [0, 0.1) is 13.8 Å². The molecule has 0 radical (unpaired) electrons. The maximum absolute atomic E-state index is 4.34. The Hall–Kier alpha value is -0.670. The van der Waals surface area contributed by atoms with Crippen molar-refractivity contribution in [2.75, 3.05) is 13.6 Å². The van der Waals surface area contributed by atoms with Crippen LogP contribution in [0.1, 0.15) is 15.6 Å². The van der Waals surface area contributed by atoms with E-state index in [0.29, 0.717) is 0 Å². The summed E-state index contributed by atoms with van der Waals surface area (Å²) in [5.41, 5.74) is 1.13. The van der Waals surface area contributed by atoms with Crippen molar-refractivity contribution < 1.29 is 0 Å². The van der Waals surface area contributed by atoms with Gasteiger partial charge in [-0.1, -0.05) is 6.08 Å². The Bertz CT molecular complexity index is 276. The molecule has 0 aliphatic carbocycles. The van der Waals surface area contributed by atoms with Crippen molar-refractivity contribution in [1.82, 2.24) is 10.3 Å². The number of thiazole rings is 1. The van der Waals surface area contributed by atoms with E-state index in [1.807, 2.05) is 20.9 Å². The third-order valence-corrected chi connectivity index (χ3v) is 2.57. The summed E-state index contributed by atoms with van der Waals surface area (Å²) in [5, 5.41) is 4.20. The van der Waals surface area contributed by atoms with Crippen LogP contribution < -0.4 is 5.32 Å². The number of rotatable bonds is 3. The van der Waals surface area contributed by atoms with E-state index in [1.54, 1.807) is 11.3 Å². The van der Waals surface area contributed by atoms with E-state index in [2.05, 4.69) is 22.5 Å². The highest BCUT2D eigenvalue weighted by Gasteiger charge is 1.99. The Morgan fingerprint density at radius 2 is 2.25 bits per heavy atom. The molecule has 0 saturated heterocycles. The first-order valence-corrected chi connectivity index (χ1v) is 4.81. The zero-order valence-electron chi connectivity index (χ0n) is 7.72. The fourth-order valence-corrected chi connectivity index (χ4v) is 1.84. The predicted molar refractivity (Wildman–Crippen MR) is 54.5 cm³/mol. The number of aromatic nitrogens is 1. The molecule has 0 unspecified atom stereocenters. The van der Waals surface area contributed by atoms with Gasteiger partial charge in [-0.2, -0.15) is 0 Å². The number of nitrogens with zero attached hydrogens (tertiary/aromatic N) is 1. The summed E-state index contributed by atoms with van der Waals surface area (Å²) < 4.78 is 0. The molecule has 0 aromatic carbocycles. The second kappa shape index (κ2) is 4.38. The molecule has 0 spiro atoms. The van der Waals surface area contributed by atoms with E-state index in [-0.39, 0.29) is 0 Å². The Balaban J connectivity index is 2.68. The van der Waals surface area contributed by atoms with Gasteiger partial charge < -0.3 is 5.32 Å². The molecule has 0 fully saturated rings. The van der Waals surface area contributed by atoms with Crippen LogP contribution in [0.4, 0.5) is 0 Å². The maximum Gasteiger partial charge on any atom is 0.0903 e. The molecule has 12 heavy (non-hydrogen) atoms. The average Bonchev–Trinajstić information content (AvgIpc) is 2.31. The summed E-state index contributed by atoms with van der Waals surface area (Å²) >= 11 is 1.74.